The Labute approximate surface area is 148 Å². The van der Waals surface area contributed by atoms with Crippen molar-refractivity contribution in [2.24, 2.45) is 22.5 Å². The fraction of sp³-hybridized carbons (Fsp3) is 0.556. The minimum absolute atomic E-state index is 0.0226. The van der Waals surface area contributed by atoms with E-state index in [9.17, 15) is 18.0 Å². The summed E-state index contributed by atoms with van der Waals surface area (Å²) in [4.78, 5) is 24.3. The summed E-state index contributed by atoms with van der Waals surface area (Å²) < 4.78 is 28.1. The number of nitrogens with one attached hydrogen (secondary N) is 1. The normalized spacial score (nSPS) is 28.9. The van der Waals surface area contributed by atoms with Crippen LogP contribution in [0.1, 0.15) is 44.7 Å². The third-order valence-corrected chi connectivity index (χ3v) is 7.76. The monoisotopic (exact) mass is 364 g/mol. The van der Waals surface area contributed by atoms with Crippen molar-refractivity contribution in [1.82, 2.24) is 4.72 Å². The second-order valence-electron chi connectivity index (χ2n) is 7.79. The van der Waals surface area contributed by atoms with Gasteiger partial charge in [0.2, 0.25) is 15.9 Å². The number of carbonyl (C=O) groups excluding carboxylic acids is 2. The first-order valence-corrected chi connectivity index (χ1v) is 10.1. The lowest BCUT2D eigenvalue weighted by Crippen LogP contribution is -2.47. The number of Topliss-reactive ketones (excluding diaryl/α,β-unsaturated/α-hetero) is 1. The van der Waals surface area contributed by atoms with E-state index in [1.54, 1.807) is 30.3 Å². The Morgan fingerprint density at radius 2 is 1.96 bits per heavy atom. The van der Waals surface area contributed by atoms with Crippen LogP contribution in [0.5, 0.6) is 0 Å². The van der Waals surface area contributed by atoms with Crippen LogP contribution in [0.3, 0.4) is 0 Å². The van der Waals surface area contributed by atoms with E-state index < -0.39 is 27.4 Å². The molecule has 3 N–H and O–H groups in total. The molecule has 1 amide bonds. The van der Waals surface area contributed by atoms with Crippen molar-refractivity contribution in [2.75, 3.05) is 5.75 Å². The molecule has 6 nitrogen and oxygen atoms in total. The summed E-state index contributed by atoms with van der Waals surface area (Å²) in [5, 5.41) is 0. The Morgan fingerprint density at radius 3 is 2.44 bits per heavy atom. The summed E-state index contributed by atoms with van der Waals surface area (Å²) in [7, 11) is -3.88. The molecule has 2 fully saturated rings. The standard InChI is InChI=1S/C18H24N2O4S/c1-17(2)13-8-9-18(17,14(21)10-13)11-25(23,24)20-15(16(19)22)12-6-4-3-5-7-12/h3-7,13,15,20H,8-11H2,1-2H3,(H2,19,22)/t13-,15-,18+/m0/s1. The Kier molecular flexibility index (Phi) is 4.28. The molecule has 0 heterocycles. The SMILES string of the molecule is CC1(C)[C@H]2CC[C@@]1(CS(=O)(=O)N[C@H](C(N)=O)c1ccccc1)C(=O)C2. The van der Waals surface area contributed by atoms with Crippen molar-refractivity contribution in [3.63, 3.8) is 0 Å². The van der Waals surface area contributed by atoms with Gasteiger partial charge in [-0.2, -0.15) is 4.72 Å². The number of hydrogen-bond acceptors (Lipinski definition) is 4. The van der Waals surface area contributed by atoms with Gasteiger partial charge in [-0.25, -0.2) is 8.42 Å². The number of sulfonamides is 1. The Morgan fingerprint density at radius 1 is 1.32 bits per heavy atom. The zero-order valence-electron chi connectivity index (χ0n) is 14.5. The molecule has 3 rings (SSSR count). The van der Waals surface area contributed by atoms with Gasteiger partial charge in [0.05, 0.1) is 5.75 Å². The van der Waals surface area contributed by atoms with E-state index in [1.165, 1.54) is 0 Å². The molecule has 0 saturated heterocycles. The molecule has 2 bridgehead atoms. The summed E-state index contributed by atoms with van der Waals surface area (Å²) in [5.41, 5.74) is 4.66. The van der Waals surface area contributed by atoms with Gasteiger partial charge < -0.3 is 5.73 Å². The van der Waals surface area contributed by atoms with Gasteiger partial charge in [-0.05, 0) is 29.7 Å². The molecular formula is C18H24N2O4S. The van der Waals surface area contributed by atoms with Crippen molar-refractivity contribution < 1.29 is 18.0 Å². The van der Waals surface area contributed by atoms with Crippen molar-refractivity contribution in [3.8, 4) is 0 Å². The van der Waals surface area contributed by atoms with Crippen LogP contribution in [-0.4, -0.2) is 25.9 Å². The van der Waals surface area contributed by atoms with Crippen LogP contribution >= 0.6 is 0 Å². The van der Waals surface area contributed by atoms with Gasteiger partial charge in [-0.3, -0.25) is 9.59 Å². The van der Waals surface area contributed by atoms with Gasteiger partial charge in [-0.15, -0.1) is 0 Å². The number of nitrogens with two attached hydrogens (primary N) is 1. The number of carbonyl (C=O) groups is 2. The third kappa shape index (κ3) is 2.89. The van der Waals surface area contributed by atoms with Crippen molar-refractivity contribution in [3.05, 3.63) is 35.9 Å². The topological polar surface area (TPSA) is 106 Å². The zero-order chi connectivity index (χ0) is 18.5. The molecule has 7 heteroatoms. The lowest BCUT2D eigenvalue weighted by molar-refractivity contribution is -0.128. The first kappa shape index (κ1) is 18.1. The largest absolute Gasteiger partial charge is 0.368 e. The Balaban J connectivity index is 1.87. The van der Waals surface area contributed by atoms with Crippen molar-refractivity contribution in [1.29, 1.82) is 0 Å². The summed E-state index contributed by atoms with van der Waals surface area (Å²) in [5.74, 6) is -0.807. The van der Waals surface area contributed by atoms with Crippen molar-refractivity contribution in [2.45, 2.75) is 39.2 Å². The number of amides is 1. The number of rotatable bonds is 6. The average molecular weight is 364 g/mol. The highest BCUT2D eigenvalue weighted by molar-refractivity contribution is 7.89. The average Bonchev–Trinajstić information content (AvgIpc) is 2.87. The molecule has 2 saturated carbocycles. The number of fused-ring (bicyclic) bond motifs is 2. The molecule has 1 aromatic rings. The van der Waals surface area contributed by atoms with Gasteiger partial charge in [-0.1, -0.05) is 44.2 Å². The molecule has 0 aliphatic heterocycles. The highest BCUT2D eigenvalue weighted by atomic mass is 32.2. The quantitative estimate of drug-likeness (QED) is 0.798. The maximum atomic E-state index is 12.8. The third-order valence-electron chi connectivity index (χ3n) is 6.29. The number of primary amides is 1. The summed E-state index contributed by atoms with van der Waals surface area (Å²) in [6.07, 6.45) is 1.89. The van der Waals surface area contributed by atoms with Crippen LogP contribution in [-0.2, 0) is 19.6 Å². The lowest BCUT2D eigenvalue weighted by atomic mass is 9.70. The maximum absolute atomic E-state index is 12.8. The first-order chi connectivity index (χ1) is 11.6. The second kappa shape index (κ2) is 5.92. The van der Waals surface area contributed by atoms with Gasteiger partial charge >= 0.3 is 0 Å². The zero-order valence-corrected chi connectivity index (χ0v) is 15.3. The molecule has 25 heavy (non-hydrogen) atoms. The fourth-order valence-corrected chi connectivity index (χ4v) is 6.61. The summed E-state index contributed by atoms with van der Waals surface area (Å²) in [6.45, 7) is 3.96. The van der Waals surface area contributed by atoms with Crippen LogP contribution in [0.25, 0.3) is 0 Å². The number of benzene rings is 1. The van der Waals surface area contributed by atoms with E-state index in [0.29, 0.717) is 18.4 Å². The van der Waals surface area contributed by atoms with Crippen LogP contribution < -0.4 is 10.5 Å². The molecule has 136 valence electrons. The minimum Gasteiger partial charge on any atom is -0.368 e. The Bertz CT molecular complexity index is 804. The molecule has 2 aliphatic carbocycles. The van der Waals surface area contributed by atoms with Crippen LogP contribution in [0, 0.1) is 16.7 Å². The van der Waals surface area contributed by atoms with Gasteiger partial charge in [0.25, 0.3) is 0 Å². The molecular weight excluding hydrogens is 340 g/mol. The van der Waals surface area contributed by atoms with E-state index in [1.807, 2.05) is 13.8 Å². The first-order valence-electron chi connectivity index (χ1n) is 8.47. The predicted molar refractivity (Wildman–Crippen MR) is 93.9 cm³/mol. The molecule has 0 radical (unpaired) electrons. The van der Waals surface area contributed by atoms with Gasteiger partial charge in [0.1, 0.15) is 11.8 Å². The molecule has 0 aromatic heterocycles. The van der Waals surface area contributed by atoms with E-state index in [-0.39, 0.29) is 22.9 Å². The highest BCUT2D eigenvalue weighted by Gasteiger charge is 2.65. The van der Waals surface area contributed by atoms with Crippen LogP contribution in [0.4, 0.5) is 0 Å². The number of hydrogen-bond donors (Lipinski definition) is 2. The predicted octanol–water partition coefficient (Wildman–Crippen LogP) is 1.53. The highest BCUT2D eigenvalue weighted by Crippen LogP contribution is 2.64. The molecule has 1 aromatic carbocycles. The minimum atomic E-state index is -3.88. The van der Waals surface area contributed by atoms with Gasteiger partial charge in [0, 0.05) is 11.8 Å². The van der Waals surface area contributed by atoms with Crippen LogP contribution in [0.2, 0.25) is 0 Å². The molecule has 2 aliphatic rings. The van der Waals surface area contributed by atoms with E-state index in [2.05, 4.69) is 4.72 Å². The molecule has 0 spiro atoms. The summed E-state index contributed by atoms with van der Waals surface area (Å²) >= 11 is 0. The van der Waals surface area contributed by atoms with E-state index >= 15 is 0 Å². The smallest absolute Gasteiger partial charge is 0.240 e. The molecule has 3 atom stereocenters. The second-order valence-corrected chi connectivity index (χ2v) is 9.54. The maximum Gasteiger partial charge on any atom is 0.240 e. The lowest BCUT2D eigenvalue weighted by Gasteiger charge is -2.36. The van der Waals surface area contributed by atoms with Gasteiger partial charge in [0.15, 0.2) is 0 Å². The van der Waals surface area contributed by atoms with Crippen LogP contribution in [0.15, 0.2) is 30.3 Å². The fourth-order valence-electron chi connectivity index (χ4n) is 4.59. The number of ketones is 1. The summed E-state index contributed by atoms with van der Waals surface area (Å²) in [6, 6.07) is 7.35. The van der Waals surface area contributed by atoms with E-state index in [4.69, 9.17) is 5.73 Å². The van der Waals surface area contributed by atoms with E-state index in [0.717, 1.165) is 6.42 Å². The molecule has 0 unspecified atom stereocenters. The van der Waals surface area contributed by atoms with Crippen molar-refractivity contribution >= 4 is 21.7 Å². The Hall–Kier alpha value is -1.73.